The molecule has 0 aliphatic rings. The molecule has 16 heavy (non-hydrogen) atoms. The van der Waals surface area contributed by atoms with Crippen LogP contribution in [0, 0.1) is 0 Å². The van der Waals surface area contributed by atoms with Gasteiger partial charge in [0.2, 0.25) is 6.04 Å². The van der Waals surface area contributed by atoms with Gasteiger partial charge in [0.15, 0.2) is 0 Å². The molecular weight excluding hydrogens is 218 g/mol. The van der Waals surface area contributed by atoms with E-state index in [-0.39, 0.29) is 0 Å². The lowest BCUT2D eigenvalue weighted by Crippen LogP contribution is -2.48. The average Bonchev–Trinajstić information content (AvgIpc) is 2.24. The number of hydrogen-bond donors (Lipinski definition) is 2. The van der Waals surface area contributed by atoms with Gasteiger partial charge in [-0.05, 0) is 13.3 Å². The standard InChI is InChI=1S/C9H15NO6/c1-4-5(2)16-8(13)6(7(11)12)10-9(14)15-3/h5-6H,4H2,1-3H3,(H,10,14)(H,11,12). The van der Waals surface area contributed by atoms with E-state index in [9.17, 15) is 14.4 Å². The van der Waals surface area contributed by atoms with Crippen molar-refractivity contribution in [3.8, 4) is 0 Å². The van der Waals surface area contributed by atoms with E-state index in [0.29, 0.717) is 6.42 Å². The number of methoxy groups -OCH3 is 1. The van der Waals surface area contributed by atoms with Gasteiger partial charge in [0, 0.05) is 0 Å². The fourth-order valence-electron chi connectivity index (χ4n) is 0.748. The molecule has 0 heterocycles. The first-order chi connectivity index (χ1) is 7.42. The Kier molecular flexibility index (Phi) is 5.91. The molecule has 0 aromatic heterocycles. The Hall–Kier alpha value is -1.79. The van der Waals surface area contributed by atoms with Crippen molar-refractivity contribution in [2.45, 2.75) is 32.4 Å². The minimum absolute atomic E-state index is 0.409. The molecule has 92 valence electrons. The molecule has 2 atom stereocenters. The lowest BCUT2D eigenvalue weighted by atomic mass is 10.3. The number of ether oxygens (including phenoxy) is 2. The molecule has 7 nitrogen and oxygen atoms in total. The van der Waals surface area contributed by atoms with Crippen molar-refractivity contribution in [2.75, 3.05) is 7.11 Å². The zero-order valence-electron chi connectivity index (χ0n) is 9.35. The second-order valence-electron chi connectivity index (χ2n) is 3.06. The number of carboxylic acid groups (broad SMARTS) is 1. The van der Waals surface area contributed by atoms with Crippen LogP contribution in [-0.2, 0) is 19.1 Å². The van der Waals surface area contributed by atoms with E-state index in [1.807, 2.05) is 5.32 Å². The first-order valence-corrected chi connectivity index (χ1v) is 4.70. The van der Waals surface area contributed by atoms with E-state index in [0.717, 1.165) is 7.11 Å². The molecule has 0 aromatic carbocycles. The number of aliphatic carboxylic acids is 1. The van der Waals surface area contributed by atoms with Gasteiger partial charge in [0.05, 0.1) is 13.2 Å². The van der Waals surface area contributed by atoms with Crippen LogP contribution < -0.4 is 5.32 Å². The molecule has 0 bridgehead atoms. The maximum atomic E-state index is 11.3. The first-order valence-electron chi connectivity index (χ1n) is 4.70. The normalized spacial score (nSPS) is 13.4. The highest BCUT2D eigenvalue weighted by Gasteiger charge is 2.30. The van der Waals surface area contributed by atoms with Gasteiger partial charge >= 0.3 is 18.0 Å². The minimum Gasteiger partial charge on any atom is -0.479 e. The Morgan fingerprint density at radius 2 is 1.94 bits per heavy atom. The molecule has 0 rings (SSSR count). The van der Waals surface area contributed by atoms with E-state index in [1.54, 1.807) is 13.8 Å². The fraction of sp³-hybridized carbons (Fsp3) is 0.667. The van der Waals surface area contributed by atoms with Gasteiger partial charge in [0.1, 0.15) is 0 Å². The van der Waals surface area contributed by atoms with E-state index < -0.39 is 30.2 Å². The quantitative estimate of drug-likeness (QED) is 0.517. The van der Waals surface area contributed by atoms with Crippen LogP contribution in [0.4, 0.5) is 4.79 Å². The summed E-state index contributed by atoms with van der Waals surface area (Å²) in [4.78, 5) is 32.8. The van der Waals surface area contributed by atoms with E-state index >= 15 is 0 Å². The Balaban J connectivity index is 4.47. The Morgan fingerprint density at radius 1 is 1.38 bits per heavy atom. The van der Waals surface area contributed by atoms with Crippen LogP contribution in [0.3, 0.4) is 0 Å². The van der Waals surface area contributed by atoms with Crippen molar-refractivity contribution < 1.29 is 29.0 Å². The van der Waals surface area contributed by atoms with Crippen molar-refractivity contribution >= 4 is 18.0 Å². The summed E-state index contributed by atoms with van der Waals surface area (Å²) in [5.74, 6) is -2.52. The molecule has 1 amide bonds. The smallest absolute Gasteiger partial charge is 0.408 e. The molecule has 0 aliphatic heterocycles. The molecule has 0 spiro atoms. The molecule has 0 fully saturated rings. The Morgan fingerprint density at radius 3 is 2.31 bits per heavy atom. The third-order valence-electron chi connectivity index (χ3n) is 1.82. The summed E-state index contributed by atoms with van der Waals surface area (Å²) in [6, 6.07) is -1.75. The number of esters is 1. The highest BCUT2D eigenvalue weighted by molar-refractivity contribution is 6.00. The first kappa shape index (κ1) is 14.2. The van der Waals surface area contributed by atoms with Crippen LogP contribution in [0.25, 0.3) is 0 Å². The number of carbonyl (C=O) groups is 3. The van der Waals surface area contributed by atoms with Crippen molar-refractivity contribution in [2.24, 2.45) is 0 Å². The summed E-state index contributed by atoms with van der Waals surface area (Å²) in [5.41, 5.74) is 0. The summed E-state index contributed by atoms with van der Waals surface area (Å²) in [7, 11) is 1.06. The third-order valence-corrected chi connectivity index (χ3v) is 1.82. The predicted molar refractivity (Wildman–Crippen MR) is 52.8 cm³/mol. The lowest BCUT2D eigenvalue weighted by molar-refractivity contribution is -0.158. The van der Waals surface area contributed by atoms with Crippen molar-refractivity contribution in [3.05, 3.63) is 0 Å². The van der Waals surface area contributed by atoms with Gasteiger partial charge in [-0.25, -0.2) is 14.4 Å². The molecule has 0 saturated carbocycles. The van der Waals surface area contributed by atoms with Gasteiger partial charge in [-0.3, -0.25) is 5.32 Å². The second-order valence-corrected chi connectivity index (χ2v) is 3.06. The van der Waals surface area contributed by atoms with Crippen LogP contribution in [0.1, 0.15) is 20.3 Å². The molecule has 0 aromatic rings. The molecule has 7 heteroatoms. The zero-order valence-corrected chi connectivity index (χ0v) is 9.35. The molecule has 0 aliphatic carbocycles. The second kappa shape index (κ2) is 6.65. The number of alkyl carbamates (subject to hydrolysis) is 1. The summed E-state index contributed by atoms with van der Waals surface area (Å²) >= 11 is 0. The molecule has 2 N–H and O–H groups in total. The van der Waals surface area contributed by atoms with Gasteiger partial charge in [-0.1, -0.05) is 6.92 Å². The van der Waals surface area contributed by atoms with E-state index in [2.05, 4.69) is 4.74 Å². The third kappa shape index (κ3) is 4.63. The van der Waals surface area contributed by atoms with E-state index in [1.165, 1.54) is 0 Å². The number of hydrogen-bond acceptors (Lipinski definition) is 5. The molecule has 0 saturated heterocycles. The summed E-state index contributed by atoms with van der Waals surface area (Å²) in [5, 5.41) is 10.6. The largest absolute Gasteiger partial charge is 0.479 e. The maximum Gasteiger partial charge on any atom is 0.408 e. The van der Waals surface area contributed by atoms with Crippen LogP contribution >= 0.6 is 0 Å². The van der Waals surface area contributed by atoms with Crippen LogP contribution in [0.2, 0.25) is 0 Å². The predicted octanol–water partition coefficient (Wildman–Crippen LogP) is 0.137. The fourth-order valence-corrected chi connectivity index (χ4v) is 0.748. The van der Waals surface area contributed by atoms with Crippen molar-refractivity contribution in [3.63, 3.8) is 0 Å². The Labute approximate surface area is 92.7 Å². The van der Waals surface area contributed by atoms with Crippen LogP contribution in [0.15, 0.2) is 0 Å². The molecule has 2 unspecified atom stereocenters. The summed E-state index contributed by atoms with van der Waals surface area (Å²) in [6.45, 7) is 3.40. The van der Waals surface area contributed by atoms with Gasteiger partial charge < -0.3 is 14.6 Å². The summed E-state index contributed by atoms with van der Waals surface area (Å²) < 4.78 is 8.97. The number of nitrogens with one attached hydrogen (secondary N) is 1. The van der Waals surface area contributed by atoms with Gasteiger partial charge in [-0.2, -0.15) is 0 Å². The van der Waals surface area contributed by atoms with Crippen LogP contribution in [0.5, 0.6) is 0 Å². The SMILES string of the molecule is CCC(C)OC(=O)C(NC(=O)OC)C(=O)O. The maximum absolute atomic E-state index is 11.3. The molecular formula is C9H15NO6. The number of amides is 1. The average molecular weight is 233 g/mol. The number of rotatable bonds is 5. The van der Waals surface area contributed by atoms with E-state index in [4.69, 9.17) is 9.84 Å². The zero-order chi connectivity index (χ0) is 12.7. The highest BCUT2D eigenvalue weighted by Crippen LogP contribution is 2.00. The number of carbonyl (C=O) groups excluding carboxylic acids is 2. The number of carboxylic acids is 1. The minimum atomic E-state index is -1.75. The van der Waals surface area contributed by atoms with Gasteiger partial charge in [-0.15, -0.1) is 0 Å². The monoisotopic (exact) mass is 233 g/mol. The Bertz CT molecular complexity index is 277. The van der Waals surface area contributed by atoms with Crippen LogP contribution in [-0.4, -0.2) is 42.4 Å². The van der Waals surface area contributed by atoms with Crippen molar-refractivity contribution in [1.29, 1.82) is 0 Å². The van der Waals surface area contributed by atoms with Gasteiger partial charge in [0.25, 0.3) is 0 Å². The molecule has 0 radical (unpaired) electrons. The highest BCUT2D eigenvalue weighted by atomic mass is 16.6. The lowest BCUT2D eigenvalue weighted by Gasteiger charge is -2.16. The topological polar surface area (TPSA) is 102 Å². The van der Waals surface area contributed by atoms with Crippen molar-refractivity contribution in [1.82, 2.24) is 5.32 Å². The summed E-state index contributed by atoms with van der Waals surface area (Å²) in [6.07, 6.45) is -0.863.